The molecule has 1 aliphatic rings. The topological polar surface area (TPSA) is 79.0 Å². The van der Waals surface area contributed by atoms with E-state index in [2.05, 4.69) is 20.6 Å². The molecule has 1 aromatic rings. The Morgan fingerprint density at radius 3 is 3.06 bits per heavy atom. The van der Waals surface area contributed by atoms with Crippen molar-refractivity contribution in [2.75, 3.05) is 25.5 Å². The second-order valence-electron chi connectivity index (χ2n) is 3.77. The van der Waals surface area contributed by atoms with Gasteiger partial charge in [-0.15, -0.1) is 0 Å². The lowest BCUT2D eigenvalue weighted by molar-refractivity contribution is 0.408. The van der Waals surface area contributed by atoms with Gasteiger partial charge in [0.05, 0.1) is 13.4 Å². The van der Waals surface area contributed by atoms with Gasteiger partial charge < -0.3 is 20.4 Å². The van der Waals surface area contributed by atoms with Gasteiger partial charge in [-0.2, -0.15) is 0 Å². The van der Waals surface area contributed by atoms with Gasteiger partial charge in [-0.25, -0.2) is 4.98 Å². The smallest absolute Gasteiger partial charge is 0.295 e. The molecule has 0 bridgehead atoms. The molecular formula is C10H16N4O2. The zero-order valence-corrected chi connectivity index (χ0v) is 9.25. The summed E-state index contributed by atoms with van der Waals surface area (Å²) in [7, 11) is 1.46. The van der Waals surface area contributed by atoms with Crippen LogP contribution in [0.5, 0.6) is 5.75 Å². The number of aromatic nitrogens is 2. The molecule has 0 unspecified atom stereocenters. The molecule has 88 valence electrons. The zero-order chi connectivity index (χ0) is 11.4. The maximum Gasteiger partial charge on any atom is 0.295 e. The minimum Gasteiger partial charge on any atom is -0.489 e. The van der Waals surface area contributed by atoms with Crippen molar-refractivity contribution in [3.63, 3.8) is 0 Å². The summed E-state index contributed by atoms with van der Waals surface area (Å²) in [5.41, 5.74) is -0.268. The fourth-order valence-corrected chi connectivity index (χ4v) is 1.45. The van der Waals surface area contributed by atoms with Gasteiger partial charge in [0.2, 0.25) is 5.75 Å². The molecule has 0 saturated heterocycles. The molecule has 16 heavy (non-hydrogen) atoms. The molecular weight excluding hydrogens is 208 g/mol. The van der Waals surface area contributed by atoms with E-state index in [1.807, 2.05) is 0 Å². The minimum atomic E-state index is -0.268. The predicted molar refractivity (Wildman–Crippen MR) is 60.9 cm³/mol. The standard InChI is InChI=1S/C10H16N4O2/c1-16-8-9(13-6-14-10(8)15)12-5-4-11-7-2-3-7/h6-7,11H,2-5H2,1H3,(H2,12,13,14,15). The van der Waals surface area contributed by atoms with Crippen molar-refractivity contribution in [3.05, 3.63) is 16.7 Å². The van der Waals surface area contributed by atoms with E-state index in [-0.39, 0.29) is 11.3 Å². The van der Waals surface area contributed by atoms with Crippen LogP contribution in [-0.2, 0) is 0 Å². The van der Waals surface area contributed by atoms with E-state index in [1.54, 1.807) is 0 Å². The first-order valence-electron chi connectivity index (χ1n) is 5.40. The summed E-state index contributed by atoms with van der Waals surface area (Å²) in [6.45, 7) is 1.59. The minimum absolute atomic E-state index is 0.230. The normalized spacial score (nSPS) is 14.8. The van der Waals surface area contributed by atoms with Gasteiger partial charge >= 0.3 is 0 Å². The van der Waals surface area contributed by atoms with Crippen LogP contribution in [0.25, 0.3) is 0 Å². The van der Waals surface area contributed by atoms with Crippen LogP contribution in [0.2, 0.25) is 0 Å². The van der Waals surface area contributed by atoms with Crippen LogP contribution >= 0.6 is 0 Å². The molecule has 0 amide bonds. The van der Waals surface area contributed by atoms with Gasteiger partial charge in [-0.3, -0.25) is 4.79 Å². The van der Waals surface area contributed by atoms with Crippen LogP contribution in [0.4, 0.5) is 5.82 Å². The third-order valence-corrected chi connectivity index (χ3v) is 2.44. The highest BCUT2D eigenvalue weighted by molar-refractivity contribution is 5.47. The van der Waals surface area contributed by atoms with Gasteiger partial charge in [0.1, 0.15) is 0 Å². The molecule has 2 rings (SSSR count). The van der Waals surface area contributed by atoms with Gasteiger partial charge in [0.15, 0.2) is 5.82 Å². The SMILES string of the molecule is COc1c(NCCNC2CC2)nc[nH]c1=O. The summed E-state index contributed by atoms with van der Waals surface area (Å²) in [5.74, 6) is 0.720. The second kappa shape index (κ2) is 4.98. The van der Waals surface area contributed by atoms with Crippen LogP contribution in [0, 0.1) is 0 Å². The van der Waals surface area contributed by atoms with Crippen LogP contribution in [0.15, 0.2) is 11.1 Å². The molecule has 1 aromatic heterocycles. The molecule has 0 aliphatic heterocycles. The molecule has 6 heteroatoms. The number of ether oxygens (including phenoxy) is 1. The average molecular weight is 224 g/mol. The summed E-state index contributed by atoms with van der Waals surface area (Å²) in [4.78, 5) is 17.8. The number of methoxy groups -OCH3 is 1. The van der Waals surface area contributed by atoms with E-state index in [0.29, 0.717) is 11.9 Å². The number of nitrogens with one attached hydrogen (secondary N) is 3. The first-order chi connectivity index (χ1) is 7.81. The Labute approximate surface area is 93.4 Å². The lowest BCUT2D eigenvalue weighted by atomic mass is 10.5. The number of rotatable bonds is 6. The van der Waals surface area contributed by atoms with Gasteiger partial charge in [0.25, 0.3) is 5.56 Å². The Balaban J connectivity index is 1.87. The van der Waals surface area contributed by atoms with E-state index < -0.39 is 0 Å². The lowest BCUT2D eigenvalue weighted by Crippen LogP contribution is -2.25. The molecule has 0 atom stereocenters. The van der Waals surface area contributed by atoms with Crippen molar-refractivity contribution in [3.8, 4) is 5.75 Å². The monoisotopic (exact) mass is 224 g/mol. The Hall–Kier alpha value is -1.56. The fourth-order valence-electron chi connectivity index (χ4n) is 1.45. The van der Waals surface area contributed by atoms with Crippen LogP contribution in [0.3, 0.4) is 0 Å². The van der Waals surface area contributed by atoms with Crippen molar-refractivity contribution in [1.82, 2.24) is 15.3 Å². The van der Waals surface area contributed by atoms with E-state index in [9.17, 15) is 4.79 Å². The van der Waals surface area contributed by atoms with Crippen LogP contribution < -0.4 is 20.9 Å². The van der Waals surface area contributed by atoms with E-state index in [1.165, 1.54) is 26.3 Å². The average Bonchev–Trinajstić information content (AvgIpc) is 3.08. The number of hydrogen-bond donors (Lipinski definition) is 3. The number of H-pyrrole nitrogens is 1. The number of hydrogen-bond acceptors (Lipinski definition) is 5. The zero-order valence-electron chi connectivity index (χ0n) is 9.25. The highest BCUT2D eigenvalue weighted by atomic mass is 16.5. The van der Waals surface area contributed by atoms with Gasteiger partial charge in [-0.1, -0.05) is 0 Å². The Bertz CT molecular complexity index is 400. The van der Waals surface area contributed by atoms with Crippen molar-refractivity contribution in [1.29, 1.82) is 0 Å². The first kappa shape index (κ1) is 10.9. The van der Waals surface area contributed by atoms with Crippen LogP contribution in [-0.4, -0.2) is 36.2 Å². The van der Waals surface area contributed by atoms with Crippen molar-refractivity contribution in [2.24, 2.45) is 0 Å². The second-order valence-corrected chi connectivity index (χ2v) is 3.77. The Morgan fingerprint density at radius 1 is 1.56 bits per heavy atom. The van der Waals surface area contributed by atoms with Crippen LogP contribution in [0.1, 0.15) is 12.8 Å². The summed E-state index contributed by atoms with van der Waals surface area (Å²) >= 11 is 0. The molecule has 1 saturated carbocycles. The number of aromatic amines is 1. The van der Waals surface area contributed by atoms with E-state index >= 15 is 0 Å². The van der Waals surface area contributed by atoms with E-state index in [4.69, 9.17) is 4.74 Å². The quantitative estimate of drug-likeness (QED) is 0.590. The molecule has 0 aromatic carbocycles. The molecule has 3 N–H and O–H groups in total. The van der Waals surface area contributed by atoms with Crippen molar-refractivity contribution >= 4 is 5.82 Å². The third kappa shape index (κ3) is 2.73. The number of nitrogens with zero attached hydrogens (tertiary/aromatic N) is 1. The van der Waals surface area contributed by atoms with Crippen molar-refractivity contribution < 1.29 is 4.74 Å². The summed E-state index contributed by atoms with van der Waals surface area (Å²) in [6, 6.07) is 0.691. The van der Waals surface area contributed by atoms with Gasteiger partial charge in [0, 0.05) is 19.1 Å². The maximum atomic E-state index is 11.3. The Morgan fingerprint density at radius 2 is 2.38 bits per heavy atom. The van der Waals surface area contributed by atoms with E-state index in [0.717, 1.165) is 13.1 Å². The molecule has 1 fully saturated rings. The van der Waals surface area contributed by atoms with Crippen molar-refractivity contribution in [2.45, 2.75) is 18.9 Å². The predicted octanol–water partition coefficient (Wildman–Crippen LogP) is -0.0576. The summed E-state index contributed by atoms with van der Waals surface area (Å²) in [6.07, 6.45) is 3.90. The largest absolute Gasteiger partial charge is 0.489 e. The molecule has 1 heterocycles. The lowest BCUT2D eigenvalue weighted by Gasteiger charge is -2.08. The molecule has 1 aliphatic carbocycles. The summed E-state index contributed by atoms with van der Waals surface area (Å²) in [5, 5.41) is 6.43. The first-order valence-corrected chi connectivity index (χ1v) is 5.40. The van der Waals surface area contributed by atoms with Gasteiger partial charge in [-0.05, 0) is 12.8 Å². The molecule has 0 radical (unpaired) electrons. The highest BCUT2D eigenvalue weighted by Crippen LogP contribution is 2.18. The third-order valence-electron chi connectivity index (χ3n) is 2.44. The summed E-state index contributed by atoms with van der Waals surface area (Å²) < 4.78 is 4.98. The molecule has 6 nitrogen and oxygen atoms in total. The fraction of sp³-hybridized carbons (Fsp3) is 0.600. The molecule has 0 spiro atoms. The Kier molecular flexibility index (Phi) is 3.40. The highest BCUT2D eigenvalue weighted by Gasteiger charge is 2.19. The number of anilines is 1. The maximum absolute atomic E-state index is 11.3.